The molecule has 1 aromatic carbocycles. The lowest BCUT2D eigenvalue weighted by atomic mass is 10.1. The number of hydrogen-bond acceptors (Lipinski definition) is 5. The van der Waals surface area contributed by atoms with E-state index in [-0.39, 0.29) is 11.4 Å². The molecular weight excluding hydrogens is 423 g/mol. The van der Waals surface area contributed by atoms with Gasteiger partial charge in [0.2, 0.25) is 0 Å². The van der Waals surface area contributed by atoms with Gasteiger partial charge in [0.05, 0.1) is 29.3 Å². The number of aromatic amines is 1. The maximum absolute atomic E-state index is 14.6. The van der Waals surface area contributed by atoms with Crippen molar-refractivity contribution in [2.24, 2.45) is 0 Å². The number of aromatic nitrogens is 5. The van der Waals surface area contributed by atoms with Crippen molar-refractivity contribution in [2.45, 2.75) is 19.3 Å². The maximum atomic E-state index is 14.6. The summed E-state index contributed by atoms with van der Waals surface area (Å²) >= 11 is 0. The third-order valence-electron chi connectivity index (χ3n) is 5.42. The van der Waals surface area contributed by atoms with Crippen molar-refractivity contribution in [3.8, 4) is 5.69 Å². The molecule has 8 nitrogen and oxygen atoms in total. The zero-order chi connectivity index (χ0) is 22.2. The highest BCUT2D eigenvalue weighted by Crippen LogP contribution is 2.26. The van der Waals surface area contributed by atoms with Gasteiger partial charge in [-0.15, -0.1) is 5.10 Å². The highest BCUT2D eigenvalue weighted by atomic mass is 19.2. The van der Waals surface area contributed by atoms with Gasteiger partial charge in [-0.2, -0.15) is 0 Å². The minimum absolute atomic E-state index is 0.0394. The summed E-state index contributed by atoms with van der Waals surface area (Å²) < 4.78 is 42.8. The molecule has 1 aliphatic heterocycles. The smallest absolute Gasteiger partial charge is 0.277 e. The summed E-state index contributed by atoms with van der Waals surface area (Å²) in [6.07, 6.45) is 7.36. The molecule has 5 rings (SSSR count). The van der Waals surface area contributed by atoms with Crippen molar-refractivity contribution in [1.29, 1.82) is 0 Å². The SMILES string of the molecule is O=C(Nc1c[nH]c2cc(F)c(F)cc12)c1cn(-c2cnc(N3CCCCC3)c(F)c2)nn1. The first-order valence-corrected chi connectivity index (χ1v) is 10.1. The quantitative estimate of drug-likeness (QED) is 0.503. The molecule has 1 amide bonds. The summed E-state index contributed by atoms with van der Waals surface area (Å²) in [4.78, 5) is 21.5. The average molecular weight is 441 g/mol. The summed E-state index contributed by atoms with van der Waals surface area (Å²) in [7, 11) is 0. The Morgan fingerprint density at radius 2 is 1.81 bits per heavy atom. The van der Waals surface area contributed by atoms with Crippen molar-refractivity contribution in [3.63, 3.8) is 0 Å². The Kier molecular flexibility index (Phi) is 5.00. The second-order valence-electron chi connectivity index (χ2n) is 7.56. The molecule has 4 heterocycles. The van der Waals surface area contributed by atoms with Crippen molar-refractivity contribution in [2.75, 3.05) is 23.3 Å². The lowest BCUT2D eigenvalue weighted by molar-refractivity contribution is 0.102. The predicted octanol–water partition coefficient (Wildman–Crippen LogP) is 3.80. The highest BCUT2D eigenvalue weighted by Gasteiger charge is 2.19. The lowest BCUT2D eigenvalue weighted by Gasteiger charge is -2.27. The first kappa shape index (κ1) is 20.0. The number of fused-ring (bicyclic) bond motifs is 1. The Balaban J connectivity index is 1.35. The molecular formula is C21H18F3N7O. The number of H-pyrrole nitrogens is 1. The van der Waals surface area contributed by atoms with Gasteiger partial charge in [-0.1, -0.05) is 5.21 Å². The van der Waals surface area contributed by atoms with E-state index in [2.05, 4.69) is 25.6 Å². The van der Waals surface area contributed by atoms with Gasteiger partial charge in [-0.3, -0.25) is 4.79 Å². The molecule has 1 saturated heterocycles. The average Bonchev–Trinajstić information content (AvgIpc) is 3.43. The number of rotatable bonds is 4. The van der Waals surface area contributed by atoms with Gasteiger partial charge < -0.3 is 15.2 Å². The summed E-state index contributed by atoms with van der Waals surface area (Å²) in [5, 5.41) is 10.6. The van der Waals surface area contributed by atoms with Crippen LogP contribution in [0.3, 0.4) is 0 Å². The van der Waals surface area contributed by atoms with Gasteiger partial charge in [0, 0.05) is 36.8 Å². The molecule has 11 heteroatoms. The Labute approximate surface area is 180 Å². The fourth-order valence-corrected chi connectivity index (χ4v) is 3.78. The number of halogens is 3. The Hall–Kier alpha value is -3.89. The zero-order valence-corrected chi connectivity index (χ0v) is 16.8. The first-order valence-electron chi connectivity index (χ1n) is 10.1. The summed E-state index contributed by atoms with van der Waals surface area (Å²) in [5.41, 5.74) is 0.872. The van der Waals surface area contributed by atoms with E-state index in [1.807, 2.05) is 4.90 Å². The van der Waals surface area contributed by atoms with Crippen molar-refractivity contribution in [3.05, 3.63) is 59.9 Å². The molecule has 1 aliphatic rings. The summed E-state index contributed by atoms with van der Waals surface area (Å²) in [6.45, 7) is 1.53. The van der Waals surface area contributed by atoms with E-state index in [0.29, 0.717) is 22.4 Å². The van der Waals surface area contributed by atoms with Gasteiger partial charge in [0.1, 0.15) is 0 Å². The summed E-state index contributed by atoms with van der Waals surface area (Å²) in [6, 6.07) is 3.29. The van der Waals surface area contributed by atoms with Crippen LogP contribution in [-0.4, -0.2) is 44.0 Å². The number of carbonyl (C=O) groups excluding carboxylic acids is 1. The normalized spacial score (nSPS) is 14.2. The minimum atomic E-state index is -1.03. The molecule has 0 spiro atoms. The number of carbonyl (C=O) groups is 1. The number of hydrogen-bond donors (Lipinski definition) is 2. The Bertz CT molecular complexity index is 1310. The van der Waals surface area contributed by atoms with Gasteiger partial charge in [-0.25, -0.2) is 22.8 Å². The first-order chi connectivity index (χ1) is 15.5. The van der Waals surface area contributed by atoms with Crippen LogP contribution in [0, 0.1) is 17.5 Å². The third kappa shape index (κ3) is 3.66. The standard InChI is InChI=1S/C21H18F3N7O/c22-14-7-13-17(8-15(14)23)25-10-18(13)27-21(32)19-11-31(29-28-19)12-6-16(24)20(26-9-12)30-4-2-1-3-5-30/h6-11,25H,1-5H2,(H,27,32). The van der Waals surface area contributed by atoms with Crippen LogP contribution >= 0.6 is 0 Å². The Morgan fingerprint density at radius 3 is 2.59 bits per heavy atom. The van der Waals surface area contributed by atoms with Crippen LogP contribution < -0.4 is 10.2 Å². The number of piperidine rings is 1. The second kappa shape index (κ2) is 7.98. The number of benzene rings is 1. The van der Waals surface area contributed by atoms with E-state index in [0.717, 1.165) is 44.5 Å². The third-order valence-corrected chi connectivity index (χ3v) is 5.42. The van der Waals surface area contributed by atoms with E-state index < -0.39 is 23.4 Å². The molecule has 0 saturated carbocycles. The molecule has 0 unspecified atom stereocenters. The molecule has 0 aliphatic carbocycles. The molecule has 164 valence electrons. The van der Waals surface area contributed by atoms with Crippen LogP contribution in [0.15, 0.2) is 36.8 Å². The predicted molar refractivity (Wildman–Crippen MR) is 111 cm³/mol. The topological polar surface area (TPSA) is 91.7 Å². The van der Waals surface area contributed by atoms with E-state index in [1.54, 1.807) is 0 Å². The number of pyridine rings is 1. The molecule has 0 radical (unpaired) electrons. The van der Waals surface area contributed by atoms with Crippen molar-refractivity contribution in [1.82, 2.24) is 25.0 Å². The van der Waals surface area contributed by atoms with Crippen molar-refractivity contribution >= 4 is 28.3 Å². The van der Waals surface area contributed by atoms with E-state index in [1.165, 1.54) is 29.3 Å². The Morgan fingerprint density at radius 1 is 1.03 bits per heavy atom. The van der Waals surface area contributed by atoms with Crippen LogP contribution in [0.2, 0.25) is 0 Å². The zero-order valence-electron chi connectivity index (χ0n) is 16.8. The molecule has 2 N–H and O–H groups in total. The van der Waals surface area contributed by atoms with Gasteiger partial charge in [0.15, 0.2) is 29.0 Å². The highest BCUT2D eigenvalue weighted by molar-refractivity contribution is 6.07. The monoisotopic (exact) mass is 441 g/mol. The number of anilines is 2. The van der Waals surface area contributed by atoms with Crippen LogP contribution in [0.4, 0.5) is 24.7 Å². The summed E-state index contributed by atoms with van der Waals surface area (Å²) in [5.74, 6) is -2.80. The molecule has 32 heavy (non-hydrogen) atoms. The fourth-order valence-electron chi connectivity index (χ4n) is 3.78. The van der Waals surface area contributed by atoms with E-state index in [4.69, 9.17) is 0 Å². The van der Waals surface area contributed by atoms with Gasteiger partial charge >= 0.3 is 0 Å². The van der Waals surface area contributed by atoms with Crippen molar-refractivity contribution < 1.29 is 18.0 Å². The van der Waals surface area contributed by atoms with Gasteiger partial charge in [0.25, 0.3) is 5.91 Å². The van der Waals surface area contributed by atoms with Gasteiger partial charge in [-0.05, 0) is 25.3 Å². The fraction of sp³-hybridized carbons (Fsp3) is 0.238. The minimum Gasteiger partial charge on any atom is -0.359 e. The maximum Gasteiger partial charge on any atom is 0.277 e. The molecule has 1 fully saturated rings. The number of amides is 1. The van der Waals surface area contributed by atoms with Crippen LogP contribution in [0.1, 0.15) is 29.8 Å². The van der Waals surface area contributed by atoms with Crippen LogP contribution in [-0.2, 0) is 0 Å². The van der Waals surface area contributed by atoms with Crippen LogP contribution in [0.25, 0.3) is 16.6 Å². The lowest BCUT2D eigenvalue weighted by Crippen LogP contribution is -2.31. The number of nitrogens with zero attached hydrogens (tertiary/aromatic N) is 5. The molecule has 0 atom stereocenters. The van der Waals surface area contributed by atoms with E-state index in [9.17, 15) is 18.0 Å². The molecule has 3 aromatic heterocycles. The van der Waals surface area contributed by atoms with Crippen LogP contribution in [0.5, 0.6) is 0 Å². The number of nitrogens with one attached hydrogen (secondary N) is 2. The van der Waals surface area contributed by atoms with E-state index >= 15 is 0 Å². The second-order valence-corrected chi connectivity index (χ2v) is 7.56. The molecule has 0 bridgehead atoms. The largest absolute Gasteiger partial charge is 0.359 e. The molecule has 4 aromatic rings.